The summed E-state index contributed by atoms with van der Waals surface area (Å²) in [6, 6.07) is 6.38. The Hall–Kier alpha value is -1.17. The third-order valence-electron chi connectivity index (χ3n) is 3.99. The summed E-state index contributed by atoms with van der Waals surface area (Å²) in [4.78, 5) is 7.64. The van der Waals surface area contributed by atoms with Gasteiger partial charge >= 0.3 is 0 Å². The number of likely N-dealkylation sites (N-methyl/N-ethyl adjacent to an activating group) is 1. The van der Waals surface area contributed by atoms with E-state index in [0.29, 0.717) is 4.99 Å². The molecule has 0 atom stereocenters. The molecular formula is C16H26N4S. The number of benzene rings is 1. The molecule has 1 aromatic rings. The van der Waals surface area contributed by atoms with Crippen LogP contribution in [0, 0.1) is 6.92 Å². The lowest BCUT2D eigenvalue weighted by Crippen LogP contribution is -2.48. The average molecular weight is 306 g/mol. The summed E-state index contributed by atoms with van der Waals surface area (Å²) in [5, 5.41) is 0. The Kier molecular flexibility index (Phi) is 5.56. The van der Waals surface area contributed by atoms with Crippen LogP contribution in [0.2, 0.25) is 0 Å². The van der Waals surface area contributed by atoms with Crippen molar-refractivity contribution in [2.45, 2.75) is 6.92 Å². The van der Waals surface area contributed by atoms with Crippen molar-refractivity contribution in [2.24, 2.45) is 5.73 Å². The molecule has 0 amide bonds. The van der Waals surface area contributed by atoms with E-state index >= 15 is 0 Å². The largest absolute Gasteiger partial charge is 0.389 e. The van der Waals surface area contributed by atoms with Crippen LogP contribution in [-0.4, -0.2) is 68.2 Å². The van der Waals surface area contributed by atoms with Gasteiger partial charge in [0.25, 0.3) is 0 Å². The number of hydrogen-bond donors (Lipinski definition) is 1. The van der Waals surface area contributed by atoms with Crippen molar-refractivity contribution in [1.82, 2.24) is 9.80 Å². The van der Waals surface area contributed by atoms with Crippen molar-refractivity contribution in [3.8, 4) is 0 Å². The lowest BCUT2D eigenvalue weighted by Gasteiger charge is -2.37. The quantitative estimate of drug-likeness (QED) is 0.830. The lowest BCUT2D eigenvalue weighted by atomic mass is 10.1. The maximum Gasteiger partial charge on any atom is 0.106 e. The monoisotopic (exact) mass is 306 g/mol. The molecule has 0 unspecified atom stereocenters. The molecule has 0 radical (unpaired) electrons. The standard InChI is InChI=1S/C16H26N4S/c1-13-4-5-15(14(12-13)16(17)21)20-10-8-19(9-11-20)7-6-18(2)3/h4-5,12H,6-11H2,1-3H3,(H2,17,21). The van der Waals surface area contributed by atoms with Gasteiger partial charge in [-0.15, -0.1) is 0 Å². The zero-order valence-corrected chi connectivity index (χ0v) is 14.1. The first-order chi connectivity index (χ1) is 9.97. The molecule has 1 aliphatic rings. The third kappa shape index (κ3) is 4.40. The first kappa shape index (κ1) is 16.2. The van der Waals surface area contributed by atoms with Gasteiger partial charge in [-0.25, -0.2) is 0 Å². The summed E-state index contributed by atoms with van der Waals surface area (Å²) >= 11 is 5.21. The van der Waals surface area contributed by atoms with Crippen LogP contribution in [0.4, 0.5) is 5.69 Å². The fourth-order valence-corrected chi connectivity index (χ4v) is 2.84. The zero-order chi connectivity index (χ0) is 15.4. The average Bonchev–Trinajstić information content (AvgIpc) is 2.45. The van der Waals surface area contributed by atoms with Crippen molar-refractivity contribution in [3.63, 3.8) is 0 Å². The van der Waals surface area contributed by atoms with Crippen LogP contribution in [0.1, 0.15) is 11.1 Å². The topological polar surface area (TPSA) is 35.7 Å². The molecular weight excluding hydrogens is 280 g/mol. The molecule has 4 nitrogen and oxygen atoms in total. The Labute approximate surface area is 133 Å². The van der Waals surface area contributed by atoms with Crippen molar-refractivity contribution >= 4 is 22.9 Å². The predicted octanol–water partition coefficient (Wildman–Crippen LogP) is 1.31. The molecule has 0 aliphatic carbocycles. The first-order valence-electron chi connectivity index (χ1n) is 7.50. The second kappa shape index (κ2) is 7.20. The van der Waals surface area contributed by atoms with Gasteiger partial charge in [0.1, 0.15) is 4.99 Å². The fourth-order valence-electron chi connectivity index (χ4n) is 2.68. The highest BCUT2D eigenvalue weighted by Gasteiger charge is 2.19. The predicted molar refractivity (Wildman–Crippen MR) is 94.3 cm³/mol. The van der Waals surface area contributed by atoms with Gasteiger partial charge < -0.3 is 15.5 Å². The van der Waals surface area contributed by atoms with Gasteiger partial charge in [-0.3, -0.25) is 4.90 Å². The van der Waals surface area contributed by atoms with E-state index in [1.807, 2.05) is 0 Å². The van der Waals surface area contributed by atoms with Crippen LogP contribution in [0.15, 0.2) is 18.2 Å². The van der Waals surface area contributed by atoms with Gasteiger partial charge in [-0.05, 0) is 33.2 Å². The van der Waals surface area contributed by atoms with Crippen molar-refractivity contribution in [2.75, 3.05) is 58.3 Å². The second-order valence-electron chi connectivity index (χ2n) is 6.02. The van der Waals surface area contributed by atoms with E-state index < -0.39 is 0 Å². The smallest absolute Gasteiger partial charge is 0.106 e. The molecule has 2 N–H and O–H groups in total. The minimum atomic E-state index is 0.490. The summed E-state index contributed by atoms with van der Waals surface area (Å²) < 4.78 is 0. The normalized spacial score (nSPS) is 16.5. The number of piperazine rings is 1. The first-order valence-corrected chi connectivity index (χ1v) is 7.90. The van der Waals surface area contributed by atoms with Crippen molar-refractivity contribution < 1.29 is 0 Å². The molecule has 0 spiro atoms. The van der Waals surface area contributed by atoms with Gasteiger partial charge in [0.2, 0.25) is 0 Å². The molecule has 0 saturated carbocycles. The molecule has 21 heavy (non-hydrogen) atoms. The van der Waals surface area contributed by atoms with Crippen molar-refractivity contribution in [1.29, 1.82) is 0 Å². The highest BCUT2D eigenvalue weighted by atomic mass is 32.1. The summed E-state index contributed by atoms with van der Waals surface area (Å²) in [7, 11) is 4.24. The SMILES string of the molecule is Cc1ccc(N2CCN(CCN(C)C)CC2)c(C(N)=S)c1. The number of aryl methyl sites for hydroxylation is 1. The number of anilines is 1. The highest BCUT2D eigenvalue weighted by Crippen LogP contribution is 2.23. The lowest BCUT2D eigenvalue weighted by molar-refractivity contribution is 0.229. The maximum atomic E-state index is 5.89. The molecule has 116 valence electrons. The number of nitrogens with two attached hydrogens (primary N) is 1. The van der Waals surface area contributed by atoms with Crippen LogP contribution in [-0.2, 0) is 0 Å². The minimum Gasteiger partial charge on any atom is -0.389 e. The van der Waals surface area contributed by atoms with E-state index in [9.17, 15) is 0 Å². The van der Waals surface area contributed by atoms with E-state index in [1.165, 1.54) is 11.3 Å². The van der Waals surface area contributed by atoms with E-state index in [4.69, 9.17) is 18.0 Å². The van der Waals surface area contributed by atoms with E-state index in [-0.39, 0.29) is 0 Å². The maximum absolute atomic E-state index is 5.89. The van der Waals surface area contributed by atoms with Gasteiger partial charge in [-0.1, -0.05) is 23.8 Å². The second-order valence-corrected chi connectivity index (χ2v) is 6.46. The van der Waals surface area contributed by atoms with Crippen molar-refractivity contribution in [3.05, 3.63) is 29.3 Å². The van der Waals surface area contributed by atoms with E-state index in [0.717, 1.165) is 44.8 Å². The summed E-state index contributed by atoms with van der Waals surface area (Å²) in [5.74, 6) is 0. The third-order valence-corrected chi connectivity index (χ3v) is 4.21. The Morgan fingerprint density at radius 3 is 2.48 bits per heavy atom. The molecule has 1 fully saturated rings. The molecule has 1 aromatic carbocycles. The van der Waals surface area contributed by atoms with Gasteiger partial charge in [0, 0.05) is 50.5 Å². The Morgan fingerprint density at radius 1 is 1.24 bits per heavy atom. The van der Waals surface area contributed by atoms with Gasteiger partial charge in [-0.2, -0.15) is 0 Å². The minimum absolute atomic E-state index is 0.490. The van der Waals surface area contributed by atoms with Gasteiger partial charge in [0.05, 0.1) is 0 Å². The molecule has 1 aliphatic heterocycles. The van der Waals surface area contributed by atoms with E-state index in [1.54, 1.807) is 0 Å². The highest BCUT2D eigenvalue weighted by molar-refractivity contribution is 7.80. The number of thiocarbonyl (C=S) groups is 1. The molecule has 1 heterocycles. The summed E-state index contributed by atoms with van der Waals surface area (Å²) in [5.41, 5.74) is 9.27. The van der Waals surface area contributed by atoms with Crippen LogP contribution < -0.4 is 10.6 Å². The number of nitrogens with zero attached hydrogens (tertiary/aromatic N) is 3. The molecule has 2 rings (SSSR count). The molecule has 5 heteroatoms. The summed E-state index contributed by atoms with van der Waals surface area (Å²) in [6.45, 7) is 8.58. The van der Waals surface area contributed by atoms with Gasteiger partial charge in [0.15, 0.2) is 0 Å². The zero-order valence-electron chi connectivity index (χ0n) is 13.3. The molecule has 0 aromatic heterocycles. The fraction of sp³-hybridized carbons (Fsp3) is 0.562. The molecule has 1 saturated heterocycles. The van der Waals surface area contributed by atoms with Crippen LogP contribution in [0.5, 0.6) is 0 Å². The van der Waals surface area contributed by atoms with Crippen LogP contribution >= 0.6 is 12.2 Å². The Balaban J connectivity index is 2.01. The van der Waals surface area contributed by atoms with E-state index in [2.05, 4.69) is 53.9 Å². The van der Waals surface area contributed by atoms with Crippen LogP contribution in [0.3, 0.4) is 0 Å². The number of rotatable bonds is 5. The van der Waals surface area contributed by atoms with Crippen LogP contribution in [0.25, 0.3) is 0 Å². The summed E-state index contributed by atoms with van der Waals surface area (Å²) in [6.07, 6.45) is 0. The Bertz CT molecular complexity index is 493. The Morgan fingerprint density at radius 2 is 1.90 bits per heavy atom. The number of hydrogen-bond acceptors (Lipinski definition) is 4. The molecule has 0 bridgehead atoms.